The van der Waals surface area contributed by atoms with Crippen LogP contribution in [0, 0.1) is 5.41 Å². The molecule has 0 amide bonds. The molecule has 1 aromatic heterocycles. The van der Waals surface area contributed by atoms with Crippen molar-refractivity contribution in [2.45, 2.75) is 39.0 Å². The molecule has 1 atom stereocenters. The van der Waals surface area contributed by atoms with E-state index in [1.165, 1.54) is 23.7 Å². The van der Waals surface area contributed by atoms with E-state index in [1.54, 1.807) is 0 Å². The number of likely N-dealkylation sites (N-methyl/N-ethyl adjacent to an activating group) is 1. The highest BCUT2D eigenvalue weighted by Gasteiger charge is 2.25. The zero-order valence-electron chi connectivity index (χ0n) is 11.8. The maximum atomic E-state index is 5.67. The van der Waals surface area contributed by atoms with Crippen LogP contribution in [-0.4, -0.2) is 36.6 Å². The summed E-state index contributed by atoms with van der Waals surface area (Å²) in [6, 6.07) is 0. The lowest BCUT2D eigenvalue weighted by molar-refractivity contribution is 0.338. The molecule has 0 aromatic carbocycles. The normalized spacial score (nSPS) is 21.7. The van der Waals surface area contributed by atoms with Gasteiger partial charge in [0.05, 0.1) is 10.7 Å². The Morgan fingerprint density at radius 3 is 2.94 bits per heavy atom. The molecular weight excluding hydrogens is 242 g/mol. The topological polar surface area (TPSA) is 42.1 Å². The fraction of sp³-hybridized carbons (Fsp3) is 0.786. The minimum absolute atomic E-state index is 0.274. The predicted octanol–water partition coefficient (Wildman–Crippen LogP) is 2.48. The van der Waals surface area contributed by atoms with Gasteiger partial charge in [0.1, 0.15) is 0 Å². The van der Waals surface area contributed by atoms with E-state index < -0.39 is 0 Å². The molecule has 1 fully saturated rings. The lowest BCUT2D eigenvalue weighted by Crippen LogP contribution is -2.19. The van der Waals surface area contributed by atoms with E-state index >= 15 is 0 Å². The molecule has 0 bridgehead atoms. The summed E-state index contributed by atoms with van der Waals surface area (Å²) in [7, 11) is 2.19. The van der Waals surface area contributed by atoms with E-state index in [0.29, 0.717) is 5.92 Å². The molecule has 1 aromatic rings. The molecule has 1 saturated heterocycles. The fourth-order valence-corrected chi connectivity index (χ4v) is 3.79. The molecule has 0 saturated carbocycles. The first kappa shape index (κ1) is 14.0. The Morgan fingerprint density at radius 1 is 1.56 bits per heavy atom. The van der Waals surface area contributed by atoms with Crippen LogP contribution in [0.25, 0.3) is 0 Å². The molecule has 2 heterocycles. The highest BCUT2D eigenvalue weighted by Crippen LogP contribution is 2.31. The van der Waals surface area contributed by atoms with Crippen LogP contribution in [0.4, 0.5) is 0 Å². The van der Waals surface area contributed by atoms with Crippen molar-refractivity contribution in [3.05, 3.63) is 16.1 Å². The Hall–Kier alpha value is -0.450. The molecule has 0 spiro atoms. The Bertz CT molecular complexity index is 386. The van der Waals surface area contributed by atoms with Crippen molar-refractivity contribution in [1.82, 2.24) is 9.88 Å². The van der Waals surface area contributed by atoms with Crippen LogP contribution in [0.1, 0.15) is 43.3 Å². The largest absolute Gasteiger partial charge is 0.330 e. The lowest BCUT2D eigenvalue weighted by atomic mass is 9.86. The van der Waals surface area contributed by atoms with Crippen LogP contribution >= 0.6 is 11.3 Å². The number of nitrogens with two attached hydrogens (primary N) is 1. The van der Waals surface area contributed by atoms with Crippen LogP contribution in [0.15, 0.2) is 5.38 Å². The molecule has 1 unspecified atom stereocenters. The zero-order chi connectivity index (χ0) is 13.2. The molecule has 2 rings (SSSR count). The maximum Gasteiger partial charge on any atom is 0.0933 e. The number of likely N-dealkylation sites (tertiary alicyclic amines) is 1. The quantitative estimate of drug-likeness (QED) is 0.891. The lowest BCUT2D eigenvalue weighted by Gasteiger charge is -2.22. The van der Waals surface area contributed by atoms with Gasteiger partial charge in [0.25, 0.3) is 0 Å². The smallest absolute Gasteiger partial charge is 0.0933 e. The summed E-state index contributed by atoms with van der Waals surface area (Å²) in [4.78, 5) is 7.24. The number of nitrogens with zero attached hydrogens (tertiary/aromatic N) is 2. The van der Waals surface area contributed by atoms with Crippen LogP contribution < -0.4 is 5.73 Å². The zero-order valence-corrected chi connectivity index (χ0v) is 12.6. The Kier molecular flexibility index (Phi) is 4.41. The first-order valence-corrected chi connectivity index (χ1v) is 7.71. The fourth-order valence-electron chi connectivity index (χ4n) is 2.66. The monoisotopic (exact) mass is 267 g/mol. The van der Waals surface area contributed by atoms with Gasteiger partial charge in [0.15, 0.2) is 0 Å². The van der Waals surface area contributed by atoms with Crippen LogP contribution in [-0.2, 0) is 6.42 Å². The van der Waals surface area contributed by atoms with Gasteiger partial charge in [-0.1, -0.05) is 13.8 Å². The van der Waals surface area contributed by atoms with Gasteiger partial charge in [0.2, 0.25) is 0 Å². The van der Waals surface area contributed by atoms with Gasteiger partial charge in [-0.25, -0.2) is 4.98 Å². The summed E-state index contributed by atoms with van der Waals surface area (Å²) in [5.74, 6) is 0.651. The van der Waals surface area contributed by atoms with E-state index in [9.17, 15) is 0 Å². The molecule has 4 heteroatoms. The highest BCUT2D eigenvalue weighted by atomic mass is 32.1. The van der Waals surface area contributed by atoms with E-state index in [1.807, 2.05) is 11.3 Å². The summed E-state index contributed by atoms with van der Waals surface area (Å²) >= 11 is 1.82. The van der Waals surface area contributed by atoms with Crippen molar-refractivity contribution in [2.75, 3.05) is 26.7 Å². The minimum Gasteiger partial charge on any atom is -0.330 e. The average molecular weight is 267 g/mol. The number of rotatable bonds is 5. The Morgan fingerprint density at radius 2 is 2.33 bits per heavy atom. The second-order valence-corrected chi connectivity index (χ2v) is 7.24. The van der Waals surface area contributed by atoms with Gasteiger partial charge < -0.3 is 10.6 Å². The van der Waals surface area contributed by atoms with Crippen molar-refractivity contribution in [3.63, 3.8) is 0 Å². The summed E-state index contributed by atoms with van der Waals surface area (Å²) in [5, 5.41) is 3.54. The predicted molar refractivity (Wildman–Crippen MR) is 78.1 cm³/mol. The number of hydrogen-bond donors (Lipinski definition) is 1. The summed E-state index contributed by atoms with van der Waals surface area (Å²) < 4.78 is 0. The van der Waals surface area contributed by atoms with Gasteiger partial charge in [-0.05, 0) is 38.4 Å². The van der Waals surface area contributed by atoms with Crippen molar-refractivity contribution >= 4 is 11.3 Å². The molecular formula is C14H25N3S. The number of aromatic nitrogens is 1. The van der Waals surface area contributed by atoms with Gasteiger partial charge in [-0.15, -0.1) is 11.3 Å². The molecule has 1 aliphatic rings. The summed E-state index contributed by atoms with van der Waals surface area (Å²) in [6.07, 6.45) is 3.37. The van der Waals surface area contributed by atoms with E-state index in [-0.39, 0.29) is 5.41 Å². The third-order valence-electron chi connectivity index (χ3n) is 3.83. The Balaban J connectivity index is 1.98. The van der Waals surface area contributed by atoms with Crippen LogP contribution in [0.3, 0.4) is 0 Å². The second kappa shape index (κ2) is 5.68. The second-order valence-electron chi connectivity index (χ2n) is 6.29. The van der Waals surface area contributed by atoms with Gasteiger partial charge in [-0.2, -0.15) is 0 Å². The average Bonchev–Trinajstić information content (AvgIpc) is 2.86. The van der Waals surface area contributed by atoms with Crippen molar-refractivity contribution in [3.8, 4) is 0 Å². The maximum absolute atomic E-state index is 5.67. The molecule has 18 heavy (non-hydrogen) atoms. The van der Waals surface area contributed by atoms with Crippen LogP contribution in [0.5, 0.6) is 0 Å². The molecule has 1 aliphatic heterocycles. The molecule has 0 aliphatic carbocycles. The van der Waals surface area contributed by atoms with Crippen LogP contribution in [0.2, 0.25) is 0 Å². The van der Waals surface area contributed by atoms with Crippen molar-refractivity contribution < 1.29 is 0 Å². The van der Waals surface area contributed by atoms with Crippen molar-refractivity contribution in [1.29, 1.82) is 0 Å². The third-order valence-corrected chi connectivity index (χ3v) is 4.70. The Labute approximate surface area is 114 Å². The molecule has 2 N–H and O–H groups in total. The van der Waals surface area contributed by atoms with Crippen molar-refractivity contribution in [2.24, 2.45) is 11.1 Å². The highest BCUT2D eigenvalue weighted by molar-refractivity contribution is 7.09. The van der Waals surface area contributed by atoms with E-state index in [2.05, 4.69) is 31.2 Å². The standard InChI is InChI=1S/C14H25N3S/c1-14(2,5-6-15)8-13-16-12(10-18-13)11-4-7-17(3)9-11/h10-11H,4-9,15H2,1-3H3. The summed E-state index contributed by atoms with van der Waals surface area (Å²) in [5.41, 5.74) is 7.25. The molecule has 0 radical (unpaired) electrons. The first-order valence-electron chi connectivity index (χ1n) is 6.83. The number of hydrogen-bond acceptors (Lipinski definition) is 4. The van der Waals surface area contributed by atoms with E-state index in [0.717, 1.165) is 25.9 Å². The molecule has 102 valence electrons. The molecule has 3 nitrogen and oxygen atoms in total. The van der Waals surface area contributed by atoms with Gasteiger partial charge >= 0.3 is 0 Å². The van der Waals surface area contributed by atoms with E-state index in [4.69, 9.17) is 10.7 Å². The summed E-state index contributed by atoms with van der Waals surface area (Å²) in [6.45, 7) is 7.69. The number of thiazole rings is 1. The first-order chi connectivity index (χ1) is 8.50. The van der Waals surface area contributed by atoms with Gasteiger partial charge in [0, 0.05) is 24.3 Å². The third kappa shape index (κ3) is 3.53. The SMILES string of the molecule is CN1CCC(c2csc(CC(C)(C)CCN)n2)C1. The van der Waals surface area contributed by atoms with Gasteiger partial charge in [-0.3, -0.25) is 0 Å². The minimum atomic E-state index is 0.274.